The normalized spacial score (nSPS) is 15.9. The van der Waals surface area contributed by atoms with E-state index in [1.54, 1.807) is 6.07 Å². The van der Waals surface area contributed by atoms with Crippen molar-refractivity contribution in [2.75, 3.05) is 0 Å². The number of nitrogens with zero attached hydrogens (tertiary/aromatic N) is 1. The summed E-state index contributed by atoms with van der Waals surface area (Å²) in [6.07, 6.45) is -0.222. The van der Waals surface area contributed by atoms with Crippen LogP contribution in [-0.2, 0) is 11.2 Å². The highest BCUT2D eigenvalue weighted by molar-refractivity contribution is 5.79. The second-order valence-corrected chi connectivity index (χ2v) is 4.59. The molecule has 0 aromatic heterocycles. The molecule has 106 valence electrons. The second kappa shape index (κ2) is 5.24. The van der Waals surface area contributed by atoms with E-state index in [9.17, 15) is 14.9 Å². The van der Waals surface area contributed by atoms with Crippen LogP contribution in [0.3, 0.4) is 0 Å². The monoisotopic (exact) mass is 285 g/mol. The molecule has 21 heavy (non-hydrogen) atoms. The van der Waals surface area contributed by atoms with E-state index >= 15 is 0 Å². The summed E-state index contributed by atoms with van der Waals surface area (Å²) in [6, 6.07) is 12.8. The van der Waals surface area contributed by atoms with E-state index in [0.717, 1.165) is 5.56 Å². The van der Waals surface area contributed by atoms with Gasteiger partial charge in [-0.2, -0.15) is 0 Å². The maximum absolute atomic E-state index is 12.0. The van der Waals surface area contributed by atoms with Gasteiger partial charge in [0.15, 0.2) is 6.10 Å². The van der Waals surface area contributed by atoms with Crippen LogP contribution in [0.15, 0.2) is 48.5 Å². The number of hydrogen-bond donors (Lipinski definition) is 0. The molecule has 0 spiro atoms. The Kier molecular flexibility index (Phi) is 3.27. The Morgan fingerprint density at radius 3 is 2.57 bits per heavy atom. The van der Waals surface area contributed by atoms with Crippen LogP contribution in [-0.4, -0.2) is 17.0 Å². The minimum absolute atomic E-state index is 0.0562. The molecule has 3 rings (SSSR count). The molecule has 2 aromatic carbocycles. The van der Waals surface area contributed by atoms with Gasteiger partial charge in [0.05, 0.1) is 4.92 Å². The predicted octanol–water partition coefficient (Wildman–Crippen LogP) is 2.50. The Labute approximate surface area is 120 Å². The highest BCUT2D eigenvalue weighted by Crippen LogP contribution is 2.29. The molecule has 0 N–H and O–H groups in total. The van der Waals surface area contributed by atoms with E-state index < -0.39 is 17.0 Å². The van der Waals surface area contributed by atoms with Crippen molar-refractivity contribution >= 4 is 11.7 Å². The van der Waals surface area contributed by atoms with E-state index in [2.05, 4.69) is 0 Å². The number of para-hydroxylation sites is 1. The Bertz CT molecular complexity index is 670. The van der Waals surface area contributed by atoms with Gasteiger partial charge in [-0.15, -0.1) is 0 Å². The van der Waals surface area contributed by atoms with Gasteiger partial charge in [-0.25, -0.2) is 4.79 Å². The van der Waals surface area contributed by atoms with Crippen LogP contribution in [0, 0.1) is 10.1 Å². The third kappa shape index (κ3) is 2.69. The van der Waals surface area contributed by atoms with Crippen molar-refractivity contribution < 1.29 is 19.2 Å². The van der Waals surface area contributed by atoms with Crippen LogP contribution >= 0.6 is 0 Å². The predicted molar refractivity (Wildman–Crippen MR) is 73.3 cm³/mol. The summed E-state index contributed by atoms with van der Waals surface area (Å²) in [4.78, 5) is 22.1. The average molecular weight is 285 g/mol. The summed E-state index contributed by atoms with van der Waals surface area (Å²) in [6.45, 7) is 0. The smallest absolute Gasteiger partial charge is 0.353 e. The molecule has 0 radical (unpaired) electrons. The first-order valence-corrected chi connectivity index (χ1v) is 6.34. The summed E-state index contributed by atoms with van der Waals surface area (Å²) in [7, 11) is 0. The Morgan fingerprint density at radius 1 is 1.19 bits per heavy atom. The molecule has 0 aliphatic carbocycles. The van der Waals surface area contributed by atoms with Crippen molar-refractivity contribution in [1.29, 1.82) is 0 Å². The van der Waals surface area contributed by atoms with Crippen LogP contribution in [0.25, 0.3) is 0 Å². The number of non-ortho nitro benzene ring substituents is 1. The Balaban J connectivity index is 1.66. The Morgan fingerprint density at radius 2 is 1.90 bits per heavy atom. The zero-order chi connectivity index (χ0) is 14.8. The number of carbonyl (C=O) groups is 1. The van der Waals surface area contributed by atoms with Crippen molar-refractivity contribution in [2.24, 2.45) is 0 Å². The highest BCUT2D eigenvalue weighted by Gasteiger charge is 2.30. The lowest BCUT2D eigenvalue weighted by Crippen LogP contribution is -2.29. The maximum Gasteiger partial charge on any atom is 0.353 e. The summed E-state index contributed by atoms with van der Waals surface area (Å²) in [5, 5.41) is 10.5. The lowest BCUT2D eigenvalue weighted by molar-refractivity contribution is -0.384. The maximum atomic E-state index is 12.0. The fourth-order valence-corrected chi connectivity index (χ4v) is 2.13. The molecule has 6 heteroatoms. The van der Waals surface area contributed by atoms with Crippen LogP contribution in [0.1, 0.15) is 5.56 Å². The zero-order valence-corrected chi connectivity index (χ0v) is 10.9. The largest absolute Gasteiger partial charge is 0.478 e. The van der Waals surface area contributed by atoms with Crippen molar-refractivity contribution in [3.8, 4) is 11.5 Å². The molecule has 0 amide bonds. The molecule has 0 unspecified atom stereocenters. The molecular formula is C15H11NO5. The van der Waals surface area contributed by atoms with Gasteiger partial charge in [0.2, 0.25) is 0 Å². The van der Waals surface area contributed by atoms with E-state index in [4.69, 9.17) is 9.47 Å². The minimum atomic E-state index is -0.683. The standard InChI is InChI=1S/C15H11NO5/c17-15(14-9-10-3-1-2-4-13(10)21-14)20-12-7-5-11(6-8-12)16(18)19/h1-8,14H,9H2/t14-/m0/s1. The zero-order valence-electron chi connectivity index (χ0n) is 10.9. The van der Waals surface area contributed by atoms with Gasteiger partial charge >= 0.3 is 5.97 Å². The molecule has 0 saturated carbocycles. The summed E-state index contributed by atoms with van der Waals surface area (Å²) >= 11 is 0. The topological polar surface area (TPSA) is 78.7 Å². The van der Waals surface area contributed by atoms with Gasteiger partial charge in [0, 0.05) is 18.6 Å². The van der Waals surface area contributed by atoms with Crippen molar-refractivity contribution in [3.05, 3.63) is 64.2 Å². The van der Waals surface area contributed by atoms with Crippen LogP contribution in [0.4, 0.5) is 5.69 Å². The van der Waals surface area contributed by atoms with Crippen molar-refractivity contribution in [2.45, 2.75) is 12.5 Å². The average Bonchev–Trinajstić information content (AvgIpc) is 2.92. The van der Waals surface area contributed by atoms with E-state index in [1.807, 2.05) is 18.2 Å². The van der Waals surface area contributed by atoms with Crippen molar-refractivity contribution in [1.82, 2.24) is 0 Å². The molecular weight excluding hydrogens is 274 g/mol. The fourth-order valence-electron chi connectivity index (χ4n) is 2.13. The molecule has 1 aliphatic heterocycles. The second-order valence-electron chi connectivity index (χ2n) is 4.59. The molecule has 0 saturated heterocycles. The number of esters is 1. The van der Waals surface area contributed by atoms with Gasteiger partial charge in [0.25, 0.3) is 5.69 Å². The van der Waals surface area contributed by atoms with E-state index in [1.165, 1.54) is 24.3 Å². The van der Waals surface area contributed by atoms with E-state index in [0.29, 0.717) is 12.2 Å². The summed E-state index contributed by atoms with van der Waals surface area (Å²) in [5.41, 5.74) is 0.905. The van der Waals surface area contributed by atoms with Gasteiger partial charge in [-0.05, 0) is 23.8 Å². The molecule has 2 aromatic rings. The molecule has 1 aliphatic rings. The van der Waals surface area contributed by atoms with Crippen LogP contribution in [0.5, 0.6) is 11.5 Å². The number of carbonyl (C=O) groups excluding carboxylic acids is 1. The number of nitro groups is 1. The van der Waals surface area contributed by atoms with Crippen LogP contribution < -0.4 is 9.47 Å². The number of ether oxygens (including phenoxy) is 2. The molecule has 1 heterocycles. The summed E-state index contributed by atoms with van der Waals surface area (Å²) < 4.78 is 10.7. The van der Waals surface area contributed by atoms with Gasteiger partial charge in [-0.3, -0.25) is 10.1 Å². The molecule has 6 nitrogen and oxygen atoms in total. The highest BCUT2D eigenvalue weighted by atomic mass is 16.6. The molecule has 0 bridgehead atoms. The minimum Gasteiger partial charge on any atom is -0.478 e. The SMILES string of the molecule is O=C(Oc1ccc([N+](=O)[O-])cc1)[C@@H]1Cc2ccccc2O1. The summed E-state index contributed by atoms with van der Waals surface area (Å²) in [5.74, 6) is 0.424. The van der Waals surface area contributed by atoms with Gasteiger partial charge in [-0.1, -0.05) is 18.2 Å². The number of fused-ring (bicyclic) bond motifs is 1. The number of rotatable bonds is 3. The lowest BCUT2D eigenvalue weighted by atomic mass is 10.1. The first kappa shape index (κ1) is 13.1. The van der Waals surface area contributed by atoms with Crippen molar-refractivity contribution in [3.63, 3.8) is 0 Å². The van der Waals surface area contributed by atoms with E-state index in [-0.39, 0.29) is 11.4 Å². The quantitative estimate of drug-likeness (QED) is 0.374. The fraction of sp³-hybridized carbons (Fsp3) is 0.133. The third-order valence-electron chi connectivity index (χ3n) is 3.18. The molecule has 1 atom stereocenters. The Hall–Kier alpha value is -2.89. The first-order valence-electron chi connectivity index (χ1n) is 6.34. The van der Waals surface area contributed by atoms with Crippen LogP contribution in [0.2, 0.25) is 0 Å². The number of hydrogen-bond acceptors (Lipinski definition) is 5. The molecule has 0 fully saturated rings. The number of nitro benzene ring substituents is 1. The van der Waals surface area contributed by atoms with Gasteiger partial charge in [0.1, 0.15) is 11.5 Å². The first-order chi connectivity index (χ1) is 10.1. The lowest BCUT2D eigenvalue weighted by Gasteiger charge is -2.10. The number of benzene rings is 2. The third-order valence-corrected chi connectivity index (χ3v) is 3.18. The van der Waals surface area contributed by atoms with Gasteiger partial charge < -0.3 is 9.47 Å².